The molecule has 0 saturated carbocycles. The van der Waals surface area contributed by atoms with Crippen LogP contribution >= 0.6 is 0 Å². The zero-order valence-electron chi connectivity index (χ0n) is 11.6. The lowest BCUT2D eigenvalue weighted by atomic mass is 10.1. The van der Waals surface area contributed by atoms with Gasteiger partial charge in [-0.2, -0.15) is 0 Å². The molecular weight excluding hydrogens is 270 g/mol. The summed E-state index contributed by atoms with van der Waals surface area (Å²) in [5.41, 5.74) is 1.53. The summed E-state index contributed by atoms with van der Waals surface area (Å²) in [6, 6.07) is 9.45. The van der Waals surface area contributed by atoms with Crippen LogP contribution in [0.3, 0.4) is 0 Å². The molecule has 0 aliphatic rings. The lowest BCUT2D eigenvalue weighted by Crippen LogP contribution is -2.25. The largest absolute Gasteiger partial charge is 0.295 e. The number of nitro benzene ring substituents is 1. The summed E-state index contributed by atoms with van der Waals surface area (Å²) >= 11 is 0. The van der Waals surface area contributed by atoms with E-state index in [1.54, 1.807) is 12.4 Å². The second-order valence-corrected chi connectivity index (χ2v) is 4.75. The topological polar surface area (TPSA) is 76.3 Å². The summed E-state index contributed by atoms with van der Waals surface area (Å²) in [6.45, 7) is 0.890. The Morgan fingerprint density at radius 1 is 1.19 bits per heavy atom. The van der Waals surface area contributed by atoms with Gasteiger partial charge in [-0.05, 0) is 36.9 Å². The number of hydrogen-bond donors (Lipinski definition) is 0. The Balaban J connectivity index is 1.96. The summed E-state index contributed by atoms with van der Waals surface area (Å²) < 4.78 is 0. The molecule has 1 aromatic carbocycles. The fourth-order valence-electron chi connectivity index (χ4n) is 1.96. The SMILES string of the molecule is CN(CC(=O)c1ccc([N+](=O)[O-])cc1)Cc1ccncc1. The number of non-ortho nitro benzene ring substituents is 1. The van der Waals surface area contributed by atoms with E-state index in [0.717, 1.165) is 5.56 Å². The van der Waals surface area contributed by atoms with Gasteiger partial charge in [0, 0.05) is 36.6 Å². The minimum atomic E-state index is -0.482. The predicted molar refractivity (Wildman–Crippen MR) is 78.0 cm³/mol. The maximum Gasteiger partial charge on any atom is 0.269 e. The Kier molecular flexibility index (Phi) is 4.73. The zero-order chi connectivity index (χ0) is 15.2. The van der Waals surface area contributed by atoms with Gasteiger partial charge in [-0.15, -0.1) is 0 Å². The number of nitrogens with zero attached hydrogens (tertiary/aromatic N) is 3. The van der Waals surface area contributed by atoms with Crippen LogP contribution in [0.2, 0.25) is 0 Å². The molecule has 0 unspecified atom stereocenters. The van der Waals surface area contributed by atoms with Crippen molar-refractivity contribution < 1.29 is 9.72 Å². The van der Waals surface area contributed by atoms with Crippen molar-refractivity contribution in [2.24, 2.45) is 0 Å². The molecule has 1 aromatic heterocycles. The first-order valence-corrected chi connectivity index (χ1v) is 6.41. The molecule has 2 aromatic rings. The molecule has 2 rings (SSSR count). The van der Waals surface area contributed by atoms with Crippen molar-refractivity contribution >= 4 is 11.5 Å². The average Bonchev–Trinajstić information content (AvgIpc) is 2.48. The summed E-state index contributed by atoms with van der Waals surface area (Å²) in [7, 11) is 1.85. The maximum absolute atomic E-state index is 12.1. The molecule has 6 heteroatoms. The number of benzene rings is 1. The highest BCUT2D eigenvalue weighted by Gasteiger charge is 2.12. The van der Waals surface area contributed by atoms with Crippen LogP contribution in [0.1, 0.15) is 15.9 Å². The molecule has 0 bridgehead atoms. The first-order chi connectivity index (χ1) is 10.1. The van der Waals surface area contributed by atoms with Crippen LogP contribution < -0.4 is 0 Å². The summed E-state index contributed by atoms with van der Waals surface area (Å²) in [5, 5.41) is 10.6. The minimum absolute atomic E-state index is 0.0170. The molecule has 0 radical (unpaired) electrons. The van der Waals surface area contributed by atoms with E-state index < -0.39 is 4.92 Å². The molecule has 108 valence electrons. The van der Waals surface area contributed by atoms with Crippen LogP contribution in [0.15, 0.2) is 48.8 Å². The molecule has 0 spiro atoms. The quantitative estimate of drug-likeness (QED) is 0.462. The van der Waals surface area contributed by atoms with Crippen molar-refractivity contribution in [2.45, 2.75) is 6.54 Å². The monoisotopic (exact) mass is 285 g/mol. The number of rotatable bonds is 6. The third kappa shape index (κ3) is 4.19. The molecular formula is C15H15N3O3. The standard InChI is InChI=1S/C15H15N3O3/c1-17(10-12-6-8-16-9-7-12)11-15(19)13-2-4-14(5-3-13)18(20)21/h2-9H,10-11H2,1H3. The number of pyridine rings is 1. The minimum Gasteiger partial charge on any atom is -0.295 e. The Bertz CT molecular complexity index is 626. The van der Waals surface area contributed by atoms with E-state index in [-0.39, 0.29) is 18.0 Å². The predicted octanol–water partition coefficient (Wildman–Crippen LogP) is 2.30. The van der Waals surface area contributed by atoms with Crippen LogP contribution in [0.25, 0.3) is 0 Å². The molecule has 0 aliphatic heterocycles. The van der Waals surface area contributed by atoms with Crippen LogP contribution in [0, 0.1) is 10.1 Å². The van der Waals surface area contributed by atoms with E-state index in [1.165, 1.54) is 24.3 Å². The molecule has 21 heavy (non-hydrogen) atoms. The van der Waals surface area contributed by atoms with Gasteiger partial charge >= 0.3 is 0 Å². The van der Waals surface area contributed by atoms with E-state index in [1.807, 2.05) is 24.1 Å². The molecule has 0 amide bonds. The highest BCUT2D eigenvalue weighted by atomic mass is 16.6. The number of nitro groups is 1. The highest BCUT2D eigenvalue weighted by molar-refractivity contribution is 5.97. The molecule has 0 fully saturated rings. The molecule has 1 heterocycles. The van der Waals surface area contributed by atoms with Gasteiger partial charge in [0.2, 0.25) is 0 Å². The van der Waals surface area contributed by atoms with Gasteiger partial charge in [0.15, 0.2) is 5.78 Å². The Morgan fingerprint density at radius 3 is 2.38 bits per heavy atom. The lowest BCUT2D eigenvalue weighted by Gasteiger charge is -2.15. The average molecular weight is 285 g/mol. The summed E-state index contributed by atoms with van der Waals surface area (Å²) in [5.74, 6) is -0.0681. The van der Waals surface area contributed by atoms with Crippen molar-refractivity contribution in [3.8, 4) is 0 Å². The molecule has 0 aliphatic carbocycles. The fraction of sp³-hybridized carbons (Fsp3) is 0.200. The van der Waals surface area contributed by atoms with Crippen LogP contribution in [0.5, 0.6) is 0 Å². The highest BCUT2D eigenvalue weighted by Crippen LogP contribution is 2.13. The van der Waals surface area contributed by atoms with Crippen molar-refractivity contribution in [2.75, 3.05) is 13.6 Å². The lowest BCUT2D eigenvalue weighted by molar-refractivity contribution is -0.384. The Hall–Kier alpha value is -2.60. The molecule has 0 saturated heterocycles. The van der Waals surface area contributed by atoms with E-state index in [4.69, 9.17) is 0 Å². The number of hydrogen-bond acceptors (Lipinski definition) is 5. The van der Waals surface area contributed by atoms with E-state index in [2.05, 4.69) is 4.98 Å². The van der Waals surface area contributed by atoms with Gasteiger partial charge in [-0.1, -0.05) is 0 Å². The smallest absolute Gasteiger partial charge is 0.269 e. The van der Waals surface area contributed by atoms with Crippen LogP contribution in [-0.2, 0) is 6.54 Å². The van der Waals surface area contributed by atoms with Gasteiger partial charge in [0.1, 0.15) is 0 Å². The van der Waals surface area contributed by atoms with Crippen molar-refractivity contribution in [3.05, 3.63) is 70.0 Å². The van der Waals surface area contributed by atoms with E-state index >= 15 is 0 Å². The third-order valence-electron chi connectivity index (χ3n) is 3.02. The second-order valence-electron chi connectivity index (χ2n) is 4.75. The fourth-order valence-corrected chi connectivity index (χ4v) is 1.96. The van der Waals surface area contributed by atoms with E-state index in [0.29, 0.717) is 12.1 Å². The number of ketones is 1. The van der Waals surface area contributed by atoms with Crippen molar-refractivity contribution in [1.29, 1.82) is 0 Å². The Labute approximate surface area is 122 Å². The Morgan fingerprint density at radius 2 is 1.81 bits per heavy atom. The first kappa shape index (κ1) is 14.8. The van der Waals surface area contributed by atoms with Gasteiger partial charge in [-0.25, -0.2) is 0 Å². The van der Waals surface area contributed by atoms with Gasteiger partial charge in [0.05, 0.1) is 11.5 Å². The molecule has 6 nitrogen and oxygen atoms in total. The van der Waals surface area contributed by atoms with E-state index in [9.17, 15) is 14.9 Å². The van der Waals surface area contributed by atoms with Gasteiger partial charge in [-0.3, -0.25) is 24.8 Å². The zero-order valence-corrected chi connectivity index (χ0v) is 11.6. The molecule has 0 N–H and O–H groups in total. The third-order valence-corrected chi connectivity index (χ3v) is 3.02. The summed E-state index contributed by atoms with van der Waals surface area (Å²) in [4.78, 5) is 28.0. The number of carbonyl (C=O) groups is 1. The molecule has 0 atom stereocenters. The van der Waals surface area contributed by atoms with Crippen LogP contribution in [-0.4, -0.2) is 34.2 Å². The van der Waals surface area contributed by atoms with Gasteiger partial charge in [0.25, 0.3) is 5.69 Å². The second kappa shape index (κ2) is 6.71. The number of likely N-dealkylation sites (N-methyl/N-ethyl adjacent to an activating group) is 1. The number of carbonyl (C=O) groups excluding carboxylic acids is 1. The normalized spacial score (nSPS) is 10.6. The van der Waals surface area contributed by atoms with Crippen LogP contribution in [0.4, 0.5) is 5.69 Å². The first-order valence-electron chi connectivity index (χ1n) is 6.41. The van der Waals surface area contributed by atoms with Crippen molar-refractivity contribution in [3.63, 3.8) is 0 Å². The maximum atomic E-state index is 12.1. The van der Waals surface area contributed by atoms with Crippen molar-refractivity contribution in [1.82, 2.24) is 9.88 Å². The number of aromatic nitrogens is 1. The summed E-state index contributed by atoms with van der Waals surface area (Å²) in [6.07, 6.45) is 3.42. The van der Waals surface area contributed by atoms with Gasteiger partial charge < -0.3 is 0 Å². The number of Topliss-reactive ketones (excluding diaryl/α,β-unsaturated/α-hetero) is 1.